The number of anilines is 1. The largest absolute Gasteiger partial charge is 0.371 e. The highest BCUT2D eigenvalue weighted by molar-refractivity contribution is 5.80. The van der Waals surface area contributed by atoms with E-state index in [1.807, 2.05) is 0 Å². The van der Waals surface area contributed by atoms with E-state index < -0.39 is 11.6 Å². The minimum Gasteiger partial charge on any atom is -0.371 e. The lowest BCUT2D eigenvalue weighted by atomic mass is 9.95. The zero-order chi connectivity index (χ0) is 20.1. The van der Waals surface area contributed by atoms with Gasteiger partial charge < -0.3 is 20.9 Å². The maximum Gasteiger partial charge on any atom is 0.217 e. The van der Waals surface area contributed by atoms with Gasteiger partial charge in [0.25, 0.3) is 0 Å². The van der Waals surface area contributed by atoms with E-state index in [0.717, 1.165) is 63.6 Å². The number of guanidine groups is 1. The number of primary amides is 1. The van der Waals surface area contributed by atoms with Crippen LogP contribution in [-0.4, -0.2) is 56.5 Å². The second kappa shape index (κ2) is 9.21. The van der Waals surface area contributed by atoms with Crippen LogP contribution in [0.4, 0.5) is 14.5 Å². The standard InChI is InChI=1S/C20H29F2N5O/c1-24-20(27-7-2-3-14(12-27)9-19(23)28)25-11-15-6-8-26(13-15)16-4-5-17(21)18(22)10-16/h4-5,10,14-15H,2-3,6-9,11-13H2,1H3,(H2,23,28)(H,24,25). The Labute approximate surface area is 164 Å². The minimum atomic E-state index is -0.818. The molecule has 2 aliphatic rings. The lowest BCUT2D eigenvalue weighted by molar-refractivity contribution is -0.119. The normalized spacial score (nSPS) is 23.2. The number of benzene rings is 1. The molecule has 2 unspecified atom stereocenters. The van der Waals surface area contributed by atoms with Gasteiger partial charge >= 0.3 is 0 Å². The number of nitrogens with two attached hydrogens (primary N) is 1. The first-order chi connectivity index (χ1) is 13.5. The fraction of sp³-hybridized carbons (Fsp3) is 0.600. The Morgan fingerprint density at radius 2 is 2.04 bits per heavy atom. The second-order valence-electron chi connectivity index (χ2n) is 7.75. The fourth-order valence-corrected chi connectivity index (χ4v) is 4.19. The quantitative estimate of drug-likeness (QED) is 0.592. The molecule has 1 amide bonds. The smallest absolute Gasteiger partial charge is 0.217 e. The molecule has 1 aromatic carbocycles. The molecule has 6 nitrogen and oxygen atoms in total. The van der Waals surface area contributed by atoms with Crippen molar-refractivity contribution in [3.63, 3.8) is 0 Å². The lowest BCUT2D eigenvalue weighted by Gasteiger charge is -2.35. The highest BCUT2D eigenvalue weighted by Crippen LogP contribution is 2.25. The summed E-state index contributed by atoms with van der Waals surface area (Å²) in [5.41, 5.74) is 6.06. The molecule has 2 atom stereocenters. The van der Waals surface area contributed by atoms with Gasteiger partial charge in [0.05, 0.1) is 0 Å². The molecule has 0 bridgehead atoms. The van der Waals surface area contributed by atoms with Gasteiger partial charge in [-0.1, -0.05) is 0 Å². The Kier molecular flexibility index (Phi) is 6.70. The molecule has 0 aromatic heterocycles. The molecule has 1 aromatic rings. The summed E-state index contributed by atoms with van der Waals surface area (Å²) in [6.07, 6.45) is 3.43. The van der Waals surface area contributed by atoms with E-state index in [1.165, 1.54) is 12.1 Å². The molecule has 0 spiro atoms. The van der Waals surface area contributed by atoms with Crippen LogP contribution < -0.4 is 16.0 Å². The number of likely N-dealkylation sites (tertiary alicyclic amines) is 1. The van der Waals surface area contributed by atoms with Crippen molar-refractivity contribution < 1.29 is 13.6 Å². The molecule has 2 fully saturated rings. The van der Waals surface area contributed by atoms with Crippen LogP contribution in [0.25, 0.3) is 0 Å². The number of rotatable bonds is 5. The predicted octanol–water partition coefficient (Wildman–Crippen LogP) is 1.95. The Balaban J connectivity index is 1.50. The number of hydrogen-bond acceptors (Lipinski definition) is 3. The number of carbonyl (C=O) groups excluding carboxylic acids is 1. The van der Waals surface area contributed by atoms with Crippen LogP contribution in [0, 0.1) is 23.5 Å². The number of amides is 1. The molecule has 28 heavy (non-hydrogen) atoms. The van der Waals surface area contributed by atoms with Gasteiger partial charge in [-0.25, -0.2) is 8.78 Å². The Bertz CT molecular complexity index is 727. The molecule has 8 heteroatoms. The van der Waals surface area contributed by atoms with Crippen LogP contribution in [0.3, 0.4) is 0 Å². The molecule has 0 aliphatic carbocycles. The van der Waals surface area contributed by atoms with Crippen molar-refractivity contribution in [2.24, 2.45) is 22.6 Å². The summed E-state index contributed by atoms with van der Waals surface area (Å²) >= 11 is 0. The van der Waals surface area contributed by atoms with Gasteiger partial charge in [-0.15, -0.1) is 0 Å². The minimum absolute atomic E-state index is 0.252. The average molecular weight is 393 g/mol. The van der Waals surface area contributed by atoms with Crippen molar-refractivity contribution in [3.8, 4) is 0 Å². The van der Waals surface area contributed by atoms with Crippen molar-refractivity contribution >= 4 is 17.6 Å². The molecular formula is C20H29F2N5O. The van der Waals surface area contributed by atoms with Crippen molar-refractivity contribution in [2.75, 3.05) is 44.7 Å². The molecule has 154 valence electrons. The first kappa shape index (κ1) is 20.4. The van der Waals surface area contributed by atoms with Crippen molar-refractivity contribution in [1.82, 2.24) is 10.2 Å². The van der Waals surface area contributed by atoms with Crippen LogP contribution in [-0.2, 0) is 4.79 Å². The zero-order valence-electron chi connectivity index (χ0n) is 16.3. The number of piperidine rings is 1. The molecule has 2 heterocycles. The lowest BCUT2D eigenvalue weighted by Crippen LogP contribution is -2.48. The number of halogens is 2. The first-order valence-corrected chi connectivity index (χ1v) is 9.90. The third kappa shape index (κ3) is 5.11. The van der Waals surface area contributed by atoms with Crippen LogP contribution in [0.1, 0.15) is 25.7 Å². The third-order valence-corrected chi connectivity index (χ3v) is 5.62. The van der Waals surface area contributed by atoms with Gasteiger partial charge in [-0.3, -0.25) is 9.79 Å². The Morgan fingerprint density at radius 3 is 2.75 bits per heavy atom. The van der Waals surface area contributed by atoms with E-state index in [2.05, 4.69) is 20.1 Å². The van der Waals surface area contributed by atoms with Crippen molar-refractivity contribution in [1.29, 1.82) is 0 Å². The number of hydrogen-bond donors (Lipinski definition) is 2. The maximum atomic E-state index is 13.5. The van der Waals surface area contributed by atoms with Gasteiger partial charge in [0.1, 0.15) is 0 Å². The molecule has 3 rings (SSSR count). The highest BCUT2D eigenvalue weighted by atomic mass is 19.2. The van der Waals surface area contributed by atoms with Gasteiger partial charge in [-0.2, -0.15) is 0 Å². The van der Waals surface area contributed by atoms with Crippen LogP contribution in [0.2, 0.25) is 0 Å². The summed E-state index contributed by atoms with van der Waals surface area (Å²) in [4.78, 5) is 19.9. The SMILES string of the molecule is CN=C(NCC1CCN(c2ccc(F)c(F)c2)C1)N1CCCC(CC(N)=O)C1. The number of aliphatic imine (C=N–C) groups is 1. The summed E-state index contributed by atoms with van der Waals surface area (Å²) in [6, 6.07) is 4.06. The summed E-state index contributed by atoms with van der Waals surface area (Å²) in [5, 5.41) is 3.45. The summed E-state index contributed by atoms with van der Waals surface area (Å²) in [5.74, 6) is -0.356. The van der Waals surface area contributed by atoms with Crippen molar-refractivity contribution in [2.45, 2.75) is 25.7 Å². The van der Waals surface area contributed by atoms with E-state index in [9.17, 15) is 13.6 Å². The maximum absolute atomic E-state index is 13.5. The molecule has 0 radical (unpaired) electrons. The second-order valence-corrected chi connectivity index (χ2v) is 7.75. The van der Waals surface area contributed by atoms with E-state index in [0.29, 0.717) is 12.3 Å². The monoisotopic (exact) mass is 393 g/mol. The number of nitrogens with one attached hydrogen (secondary N) is 1. The molecule has 0 saturated carbocycles. The Hall–Kier alpha value is -2.38. The van der Waals surface area contributed by atoms with Crippen molar-refractivity contribution in [3.05, 3.63) is 29.8 Å². The van der Waals surface area contributed by atoms with Gasteiger partial charge in [0.2, 0.25) is 5.91 Å². The van der Waals surface area contributed by atoms with E-state index in [4.69, 9.17) is 5.73 Å². The van der Waals surface area contributed by atoms with E-state index in [-0.39, 0.29) is 11.8 Å². The highest BCUT2D eigenvalue weighted by Gasteiger charge is 2.26. The molecular weight excluding hydrogens is 364 g/mol. The van der Waals surface area contributed by atoms with Crippen LogP contribution in [0.5, 0.6) is 0 Å². The molecule has 2 aliphatic heterocycles. The third-order valence-electron chi connectivity index (χ3n) is 5.62. The fourth-order valence-electron chi connectivity index (χ4n) is 4.19. The summed E-state index contributed by atoms with van der Waals surface area (Å²) in [6.45, 7) is 4.08. The van der Waals surface area contributed by atoms with Gasteiger partial charge in [0, 0.05) is 57.9 Å². The molecule has 3 N–H and O–H groups in total. The molecule has 2 saturated heterocycles. The van der Waals surface area contributed by atoms with Gasteiger partial charge in [0.15, 0.2) is 17.6 Å². The summed E-state index contributed by atoms with van der Waals surface area (Å²) < 4.78 is 26.6. The van der Waals surface area contributed by atoms with E-state index in [1.54, 1.807) is 13.1 Å². The topological polar surface area (TPSA) is 74.0 Å². The van der Waals surface area contributed by atoms with Crippen LogP contribution in [0.15, 0.2) is 23.2 Å². The summed E-state index contributed by atoms with van der Waals surface area (Å²) in [7, 11) is 1.77. The Morgan fingerprint density at radius 1 is 1.21 bits per heavy atom. The average Bonchev–Trinajstić information content (AvgIpc) is 3.13. The van der Waals surface area contributed by atoms with Crippen LogP contribution >= 0.6 is 0 Å². The predicted molar refractivity (Wildman–Crippen MR) is 106 cm³/mol. The zero-order valence-corrected chi connectivity index (χ0v) is 16.3. The first-order valence-electron chi connectivity index (χ1n) is 9.90. The van der Waals surface area contributed by atoms with E-state index >= 15 is 0 Å². The number of carbonyl (C=O) groups is 1. The number of nitrogens with zero attached hydrogens (tertiary/aromatic N) is 3. The van der Waals surface area contributed by atoms with Gasteiger partial charge in [-0.05, 0) is 43.2 Å².